The minimum atomic E-state index is -3.80. The van der Waals surface area contributed by atoms with Crippen LogP contribution in [-0.4, -0.2) is 56.2 Å². The zero-order chi connectivity index (χ0) is 20.8. The van der Waals surface area contributed by atoms with Gasteiger partial charge in [0.15, 0.2) is 0 Å². The van der Waals surface area contributed by atoms with Gasteiger partial charge in [-0.1, -0.05) is 39.0 Å². The fraction of sp³-hybridized carbons (Fsp3) is 0.850. The molecule has 0 fully saturated rings. The van der Waals surface area contributed by atoms with Crippen LogP contribution >= 0.6 is 0 Å². The summed E-state index contributed by atoms with van der Waals surface area (Å²) in [5.74, 6) is -0.354. The Morgan fingerprint density at radius 1 is 0.889 bits per heavy atom. The Kier molecular flexibility index (Phi) is 24.6. The number of allylic oxidation sites excluding steroid dienone is 2. The number of hydrogen-bond acceptors (Lipinski definition) is 4. The maximum Gasteiger partial charge on any atom is 0.266 e. The van der Waals surface area contributed by atoms with Crippen molar-refractivity contribution in [3.05, 3.63) is 12.2 Å². The van der Waals surface area contributed by atoms with Crippen molar-refractivity contribution in [2.24, 2.45) is 5.73 Å². The molecule has 156 valence electrons. The predicted molar refractivity (Wildman–Crippen MR) is 116 cm³/mol. The SMILES string of the molecule is CCCCCCCC/C=C\CCCCCCC[C](=O)[Na].NCCS(=O)(=O)O. The van der Waals surface area contributed by atoms with Gasteiger partial charge in [0.25, 0.3) is 10.1 Å². The van der Waals surface area contributed by atoms with Crippen LogP contribution < -0.4 is 5.73 Å². The molecule has 0 amide bonds. The predicted octanol–water partition coefficient (Wildman–Crippen LogP) is 4.55. The number of carbonyl (C=O) groups is 1. The molecule has 0 saturated heterocycles. The van der Waals surface area contributed by atoms with E-state index in [0.717, 1.165) is 40.8 Å². The summed E-state index contributed by atoms with van der Waals surface area (Å²) in [5.41, 5.74) is 4.78. The van der Waals surface area contributed by atoms with E-state index >= 15 is 0 Å². The summed E-state index contributed by atoms with van der Waals surface area (Å²) in [4.78, 5) is 10.8. The van der Waals surface area contributed by atoms with Gasteiger partial charge in [-0.15, -0.1) is 0 Å². The van der Waals surface area contributed by atoms with E-state index in [-0.39, 0.29) is 12.3 Å². The van der Waals surface area contributed by atoms with E-state index in [1.165, 1.54) is 77.0 Å². The van der Waals surface area contributed by atoms with Gasteiger partial charge in [-0.2, -0.15) is 8.42 Å². The molecule has 0 aromatic heterocycles. The molecule has 0 aliphatic heterocycles. The molecule has 0 spiro atoms. The van der Waals surface area contributed by atoms with E-state index in [1.807, 2.05) is 0 Å². The third kappa shape index (κ3) is 34.2. The summed E-state index contributed by atoms with van der Waals surface area (Å²) < 4.78 is 27.8. The third-order valence-electron chi connectivity index (χ3n) is 4.17. The van der Waals surface area contributed by atoms with Crippen molar-refractivity contribution in [3.63, 3.8) is 0 Å². The Morgan fingerprint density at radius 3 is 1.70 bits per heavy atom. The summed E-state index contributed by atoms with van der Waals surface area (Å²) in [7, 11) is -3.80. The van der Waals surface area contributed by atoms with E-state index < -0.39 is 10.1 Å². The largest absolute Gasteiger partial charge is 0.329 e. The fourth-order valence-electron chi connectivity index (χ4n) is 2.59. The van der Waals surface area contributed by atoms with Crippen molar-refractivity contribution in [2.45, 2.75) is 96.8 Å². The molecule has 27 heavy (non-hydrogen) atoms. The molecule has 0 saturated carbocycles. The molecular formula is C20H40NNaO4S. The molecule has 0 atom stereocenters. The van der Waals surface area contributed by atoms with Crippen LogP contribution in [-0.2, 0) is 14.9 Å². The molecule has 0 rings (SSSR count). The summed E-state index contributed by atoms with van der Waals surface area (Å²) in [6, 6.07) is 0. The number of carbonyl (C=O) groups excluding carboxylic acids is 1. The van der Waals surface area contributed by atoms with Crippen LogP contribution in [0.4, 0.5) is 0 Å². The van der Waals surface area contributed by atoms with Crippen molar-refractivity contribution in [1.29, 1.82) is 0 Å². The number of nitrogens with two attached hydrogens (primary N) is 1. The van der Waals surface area contributed by atoms with E-state index in [0.29, 0.717) is 3.03 Å². The summed E-state index contributed by atoms with van der Waals surface area (Å²) in [5, 5.41) is 0. The first-order valence-corrected chi connectivity index (χ1v) is 13.2. The fourth-order valence-corrected chi connectivity index (χ4v) is 3.25. The Bertz CT molecular complexity index is 453. The van der Waals surface area contributed by atoms with Crippen LogP contribution in [0.2, 0.25) is 0 Å². The first-order chi connectivity index (χ1) is 12.8. The monoisotopic (exact) mass is 413 g/mol. The molecule has 0 unspecified atom stereocenters. The number of unbranched alkanes of at least 4 members (excludes halogenated alkanes) is 11. The quantitative estimate of drug-likeness (QED) is 0.158. The molecule has 0 heterocycles. The topological polar surface area (TPSA) is 97.5 Å². The summed E-state index contributed by atoms with van der Waals surface area (Å²) in [6.07, 6.45) is 22.8. The first kappa shape index (κ1) is 29.5. The van der Waals surface area contributed by atoms with E-state index in [4.69, 9.17) is 10.3 Å². The maximum absolute atomic E-state index is 10.8. The number of rotatable bonds is 17. The van der Waals surface area contributed by atoms with Gasteiger partial charge in [-0.3, -0.25) is 4.55 Å². The van der Waals surface area contributed by atoms with E-state index in [2.05, 4.69) is 19.1 Å². The van der Waals surface area contributed by atoms with Gasteiger partial charge in [0.2, 0.25) is 0 Å². The maximum atomic E-state index is 10.8. The zero-order valence-corrected chi connectivity index (χ0v) is 20.4. The molecule has 0 radical (unpaired) electrons. The molecule has 7 heteroatoms. The van der Waals surface area contributed by atoms with Gasteiger partial charge in [0.05, 0.1) is 5.75 Å². The van der Waals surface area contributed by atoms with Gasteiger partial charge < -0.3 is 5.73 Å². The van der Waals surface area contributed by atoms with E-state index in [9.17, 15) is 13.2 Å². The molecule has 3 N–H and O–H groups in total. The van der Waals surface area contributed by atoms with Crippen molar-refractivity contribution < 1.29 is 17.8 Å². The Hall–Kier alpha value is 0.280. The van der Waals surface area contributed by atoms with Crippen molar-refractivity contribution in [3.8, 4) is 0 Å². The second kappa shape index (κ2) is 22.6. The van der Waals surface area contributed by atoms with Gasteiger partial charge >= 0.3 is 106 Å². The first-order valence-electron chi connectivity index (χ1n) is 10.6. The molecule has 0 aliphatic rings. The summed E-state index contributed by atoms with van der Waals surface area (Å²) >= 11 is 0.742. The molecule has 0 bridgehead atoms. The second-order valence-electron chi connectivity index (χ2n) is 7.11. The molecule has 5 nitrogen and oxygen atoms in total. The van der Waals surface area contributed by atoms with Crippen LogP contribution in [0.25, 0.3) is 0 Å². The van der Waals surface area contributed by atoms with Crippen molar-refractivity contribution in [1.82, 2.24) is 0 Å². The Morgan fingerprint density at radius 2 is 1.33 bits per heavy atom. The second-order valence-corrected chi connectivity index (χ2v) is 9.80. The van der Waals surface area contributed by atoms with Crippen LogP contribution in [0.15, 0.2) is 12.2 Å². The average Bonchev–Trinajstić information content (AvgIpc) is 2.57. The normalized spacial score (nSPS) is 11.4. The Balaban J connectivity index is 0. The van der Waals surface area contributed by atoms with E-state index in [1.54, 1.807) is 0 Å². The molecule has 0 aromatic rings. The zero-order valence-electron chi connectivity index (χ0n) is 17.6. The van der Waals surface area contributed by atoms with Crippen LogP contribution in [0, 0.1) is 0 Å². The van der Waals surface area contributed by atoms with Crippen LogP contribution in [0.5, 0.6) is 0 Å². The molecule has 0 aromatic carbocycles. The van der Waals surface area contributed by atoms with Gasteiger partial charge in [-0.05, 0) is 0 Å². The average molecular weight is 414 g/mol. The van der Waals surface area contributed by atoms with Crippen molar-refractivity contribution in [2.75, 3.05) is 12.3 Å². The molecular weight excluding hydrogens is 373 g/mol. The minimum absolute atomic E-state index is 0.0289. The van der Waals surface area contributed by atoms with Gasteiger partial charge in [-0.25, -0.2) is 0 Å². The molecule has 0 aliphatic carbocycles. The van der Waals surface area contributed by atoms with Gasteiger partial charge in [0.1, 0.15) is 0 Å². The number of hydrogen-bond donors (Lipinski definition) is 2. The van der Waals surface area contributed by atoms with Gasteiger partial charge in [0, 0.05) is 6.54 Å². The smallest absolute Gasteiger partial charge is 0.266 e. The summed E-state index contributed by atoms with van der Waals surface area (Å²) in [6.45, 7) is 2.24. The van der Waals surface area contributed by atoms with Crippen LogP contribution in [0.3, 0.4) is 0 Å². The van der Waals surface area contributed by atoms with Crippen LogP contribution in [0.1, 0.15) is 96.8 Å². The minimum Gasteiger partial charge on any atom is -0.329 e. The standard InChI is InChI=1S/C18H33O.C2H7NO3S.Na/c1-2-3-4-5-6-7-8-9-10-11-12-13-14-15-16-17-18-19;3-1-2-7(4,5)6;/h9-10H,2-8,11-17H2,1H3;1-3H2,(H,4,5,6);/b10-9-;;. The Labute approximate surface area is 185 Å². The van der Waals surface area contributed by atoms with Crippen molar-refractivity contribution >= 4 is 41.1 Å². The third-order valence-corrected chi connectivity index (χ3v) is 5.42.